The highest BCUT2D eigenvalue weighted by Gasteiger charge is 2.46. The normalized spacial score (nSPS) is 17.7. The number of rotatable bonds is 5. The average molecular weight is 479 g/mol. The van der Waals surface area contributed by atoms with E-state index >= 15 is 0 Å². The average Bonchev–Trinajstić information content (AvgIpc) is 3.05. The van der Waals surface area contributed by atoms with Crippen LogP contribution in [0.15, 0.2) is 83.1 Å². The number of ketones is 1. The van der Waals surface area contributed by atoms with Crippen LogP contribution in [0.25, 0.3) is 5.76 Å². The summed E-state index contributed by atoms with van der Waals surface area (Å²) in [5.41, 5.74) is 2.06. The Kier molecular flexibility index (Phi) is 5.86. The van der Waals surface area contributed by atoms with Gasteiger partial charge in [-0.25, -0.2) is 0 Å². The number of hydrogen-bond acceptors (Lipinski definition) is 5. The van der Waals surface area contributed by atoms with Crippen molar-refractivity contribution in [2.75, 3.05) is 7.11 Å². The fourth-order valence-corrected chi connectivity index (χ4v) is 3.89. The van der Waals surface area contributed by atoms with Crippen molar-refractivity contribution in [3.8, 4) is 5.75 Å². The third-order valence-electron chi connectivity index (χ3n) is 5.19. The van der Waals surface area contributed by atoms with Gasteiger partial charge in [-0.05, 0) is 59.7 Å². The van der Waals surface area contributed by atoms with E-state index in [1.807, 2.05) is 24.3 Å². The fourth-order valence-electron chi connectivity index (χ4n) is 3.62. The van der Waals surface area contributed by atoms with Crippen LogP contribution in [-0.2, 0) is 16.1 Å². The van der Waals surface area contributed by atoms with Crippen molar-refractivity contribution in [3.63, 3.8) is 0 Å². The molecular weight excluding hydrogens is 460 g/mol. The number of methoxy groups -OCH3 is 1. The number of aromatic nitrogens is 1. The molecule has 1 saturated heterocycles. The van der Waals surface area contributed by atoms with Crippen LogP contribution in [0.2, 0.25) is 0 Å². The molecule has 1 fully saturated rings. The van der Waals surface area contributed by atoms with Gasteiger partial charge in [0.1, 0.15) is 11.5 Å². The molecule has 1 amide bonds. The molecule has 1 aliphatic rings. The van der Waals surface area contributed by atoms with Crippen molar-refractivity contribution in [1.82, 2.24) is 9.88 Å². The highest BCUT2D eigenvalue weighted by atomic mass is 79.9. The smallest absolute Gasteiger partial charge is 0.295 e. The number of ether oxygens (including phenoxy) is 1. The Bertz CT molecular complexity index is 1140. The van der Waals surface area contributed by atoms with Crippen LogP contribution in [0.1, 0.15) is 22.7 Å². The molecule has 0 spiro atoms. The van der Waals surface area contributed by atoms with E-state index in [2.05, 4.69) is 20.9 Å². The number of likely N-dealkylation sites (tertiary alicyclic amines) is 1. The van der Waals surface area contributed by atoms with Crippen molar-refractivity contribution in [3.05, 3.63) is 99.8 Å². The number of carbonyl (C=O) groups excluding carboxylic acids is 2. The van der Waals surface area contributed by atoms with Crippen LogP contribution in [-0.4, -0.2) is 33.8 Å². The molecule has 7 heteroatoms. The van der Waals surface area contributed by atoms with E-state index in [0.717, 1.165) is 15.6 Å². The second-order valence-corrected chi connectivity index (χ2v) is 7.98. The third-order valence-corrected chi connectivity index (χ3v) is 5.72. The molecule has 4 rings (SSSR count). The monoisotopic (exact) mass is 478 g/mol. The zero-order valence-corrected chi connectivity index (χ0v) is 18.2. The summed E-state index contributed by atoms with van der Waals surface area (Å²) in [5.74, 6) is -0.958. The fraction of sp³-hybridized carbons (Fsp3) is 0.125. The largest absolute Gasteiger partial charge is 0.507 e. The maximum atomic E-state index is 13.0. The Morgan fingerprint density at radius 3 is 2.29 bits per heavy atom. The predicted molar refractivity (Wildman–Crippen MR) is 119 cm³/mol. The summed E-state index contributed by atoms with van der Waals surface area (Å²) in [4.78, 5) is 31.5. The number of Topliss-reactive ketones (excluding diaryl/α,β-unsaturated/α-hetero) is 1. The molecule has 1 aliphatic heterocycles. The van der Waals surface area contributed by atoms with Gasteiger partial charge in [0.2, 0.25) is 0 Å². The van der Waals surface area contributed by atoms with Crippen LogP contribution in [0.4, 0.5) is 0 Å². The van der Waals surface area contributed by atoms with Gasteiger partial charge in [0, 0.05) is 29.0 Å². The molecule has 1 N–H and O–H groups in total. The second kappa shape index (κ2) is 8.73. The van der Waals surface area contributed by atoms with Gasteiger partial charge in [0.15, 0.2) is 0 Å². The molecule has 1 aromatic heterocycles. The van der Waals surface area contributed by atoms with E-state index < -0.39 is 17.7 Å². The molecule has 31 heavy (non-hydrogen) atoms. The third kappa shape index (κ3) is 4.09. The molecule has 0 saturated carbocycles. The molecule has 3 aromatic rings. The summed E-state index contributed by atoms with van der Waals surface area (Å²) >= 11 is 3.41. The number of aliphatic hydroxyl groups excluding tert-OH is 1. The zero-order chi connectivity index (χ0) is 22.0. The summed E-state index contributed by atoms with van der Waals surface area (Å²) in [5, 5.41) is 11.1. The van der Waals surface area contributed by atoms with Crippen LogP contribution < -0.4 is 4.74 Å². The lowest BCUT2D eigenvalue weighted by Crippen LogP contribution is -2.29. The van der Waals surface area contributed by atoms with E-state index in [-0.39, 0.29) is 17.9 Å². The highest BCUT2D eigenvalue weighted by molar-refractivity contribution is 9.10. The van der Waals surface area contributed by atoms with Gasteiger partial charge in [-0.15, -0.1) is 0 Å². The maximum Gasteiger partial charge on any atom is 0.295 e. The van der Waals surface area contributed by atoms with E-state index in [0.29, 0.717) is 11.3 Å². The van der Waals surface area contributed by atoms with E-state index in [9.17, 15) is 14.7 Å². The van der Waals surface area contributed by atoms with Gasteiger partial charge in [-0.3, -0.25) is 14.6 Å². The highest BCUT2D eigenvalue weighted by Crippen LogP contribution is 2.40. The summed E-state index contributed by atoms with van der Waals surface area (Å²) in [6, 6.07) is 16.9. The van der Waals surface area contributed by atoms with Gasteiger partial charge in [0.25, 0.3) is 11.7 Å². The first-order valence-corrected chi connectivity index (χ1v) is 10.4. The van der Waals surface area contributed by atoms with Crippen LogP contribution in [0.5, 0.6) is 5.75 Å². The number of nitrogens with zero attached hydrogens (tertiary/aromatic N) is 2. The number of halogens is 1. The molecular formula is C24H19BrN2O4. The first-order valence-electron chi connectivity index (χ1n) is 9.57. The molecule has 0 bridgehead atoms. The summed E-state index contributed by atoms with van der Waals surface area (Å²) < 4.78 is 6.03. The molecule has 6 nitrogen and oxygen atoms in total. The number of carbonyl (C=O) groups is 2. The Labute approximate surface area is 187 Å². The number of amides is 1. The van der Waals surface area contributed by atoms with Gasteiger partial charge < -0.3 is 14.7 Å². The van der Waals surface area contributed by atoms with Crippen LogP contribution in [0, 0.1) is 0 Å². The number of pyridine rings is 1. The number of aliphatic hydroxyl groups is 1. The van der Waals surface area contributed by atoms with Crippen molar-refractivity contribution in [1.29, 1.82) is 0 Å². The van der Waals surface area contributed by atoms with Gasteiger partial charge >= 0.3 is 0 Å². The molecule has 0 aliphatic carbocycles. The minimum atomic E-state index is -0.719. The number of benzene rings is 2. The molecule has 2 aromatic carbocycles. The molecule has 156 valence electrons. The summed E-state index contributed by atoms with van der Waals surface area (Å²) in [6.45, 7) is 0.215. The lowest BCUT2D eigenvalue weighted by atomic mass is 9.95. The summed E-state index contributed by atoms with van der Waals surface area (Å²) in [6.07, 6.45) is 3.27. The lowest BCUT2D eigenvalue weighted by molar-refractivity contribution is -0.140. The van der Waals surface area contributed by atoms with E-state index in [1.54, 1.807) is 55.9 Å². The molecule has 1 atom stereocenters. The van der Waals surface area contributed by atoms with Crippen molar-refractivity contribution < 1.29 is 19.4 Å². The SMILES string of the molecule is COc1ccc(/C(O)=C2\C(=O)C(=O)N(Cc3ccncc3)C2c2ccc(Br)cc2)cc1. The Morgan fingerprint density at radius 2 is 1.68 bits per heavy atom. The Morgan fingerprint density at radius 1 is 1.03 bits per heavy atom. The van der Waals surface area contributed by atoms with Crippen LogP contribution >= 0.6 is 15.9 Å². The Hall–Kier alpha value is -3.45. The molecule has 2 heterocycles. The number of hydrogen-bond donors (Lipinski definition) is 1. The van der Waals surface area contributed by atoms with Gasteiger partial charge in [-0.1, -0.05) is 28.1 Å². The maximum absolute atomic E-state index is 13.0. The minimum Gasteiger partial charge on any atom is -0.507 e. The Balaban J connectivity index is 1.84. The van der Waals surface area contributed by atoms with Gasteiger partial charge in [0.05, 0.1) is 18.7 Å². The van der Waals surface area contributed by atoms with Gasteiger partial charge in [-0.2, -0.15) is 0 Å². The standard InChI is InChI=1S/C24H19BrN2O4/c1-31-19-8-4-17(5-9-19)22(28)20-21(16-2-6-18(25)7-3-16)27(24(30)23(20)29)14-15-10-12-26-13-11-15/h2-13,21,28H,14H2,1H3/b22-20+. The first kappa shape index (κ1) is 20.8. The van der Waals surface area contributed by atoms with E-state index in [1.165, 1.54) is 4.90 Å². The summed E-state index contributed by atoms with van der Waals surface area (Å²) in [7, 11) is 1.55. The quantitative estimate of drug-likeness (QED) is 0.332. The van der Waals surface area contributed by atoms with Crippen molar-refractivity contribution in [2.45, 2.75) is 12.6 Å². The lowest BCUT2D eigenvalue weighted by Gasteiger charge is -2.25. The molecule has 1 unspecified atom stereocenters. The molecule has 0 radical (unpaired) electrons. The van der Waals surface area contributed by atoms with Crippen molar-refractivity contribution in [2.24, 2.45) is 0 Å². The zero-order valence-electron chi connectivity index (χ0n) is 16.7. The minimum absolute atomic E-state index is 0.0616. The van der Waals surface area contributed by atoms with Crippen LogP contribution in [0.3, 0.4) is 0 Å². The predicted octanol–water partition coefficient (Wildman–Crippen LogP) is 4.47. The van der Waals surface area contributed by atoms with E-state index in [4.69, 9.17) is 4.74 Å². The topological polar surface area (TPSA) is 79.7 Å². The van der Waals surface area contributed by atoms with Crippen molar-refractivity contribution >= 4 is 33.4 Å². The first-order chi connectivity index (χ1) is 15.0. The second-order valence-electron chi connectivity index (χ2n) is 7.06.